The van der Waals surface area contributed by atoms with Crippen molar-refractivity contribution in [3.63, 3.8) is 0 Å². The van der Waals surface area contributed by atoms with Gasteiger partial charge >= 0.3 is 0 Å². The number of hydrogen-bond acceptors (Lipinski definition) is 5. The van der Waals surface area contributed by atoms with Crippen molar-refractivity contribution >= 4 is 40.9 Å². The lowest BCUT2D eigenvalue weighted by atomic mass is 9.89. The molecular weight excluding hydrogens is 405 g/mol. The third kappa shape index (κ3) is 5.09. The lowest BCUT2D eigenvalue weighted by molar-refractivity contribution is -0.120. The fourth-order valence-electron chi connectivity index (χ4n) is 3.20. The lowest BCUT2D eigenvalue weighted by Crippen LogP contribution is -2.35. The average molecular weight is 428 g/mol. The fraction of sp³-hybridized carbons (Fsp3) is 0.500. The predicted molar refractivity (Wildman–Crippen MR) is 111 cm³/mol. The number of thioether (sulfide) groups is 1. The van der Waals surface area contributed by atoms with Crippen LogP contribution in [-0.4, -0.2) is 32.6 Å². The fourth-order valence-corrected chi connectivity index (χ4v) is 4.37. The van der Waals surface area contributed by atoms with Gasteiger partial charge in [0.25, 0.3) is 0 Å². The van der Waals surface area contributed by atoms with E-state index in [4.69, 9.17) is 29.0 Å². The molecule has 1 atom stereocenters. The molecule has 27 heavy (non-hydrogen) atoms. The Morgan fingerprint density at radius 1 is 1.33 bits per heavy atom. The second kappa shape index (κ2) is 9.17. The first-order chi connectivity index (χ1) is 13.0. The average Bonchev–Trinajstić information content (AvgIpc) is 3.02. The van der Waals surface area contributed by atoms with Crippen LogP contribution < -0.4 is 11.2 Å². The van der Waals surface area contributed by atoms with Crippen molar-refractivity contribution < 1.29 is 4.79 Å². The van der Waals surface area contributed by atoms with Crippen LogP contribution in [0.1, 0.15) is 39.0 Å². The van der Waals surface area contributed by atoms with Gasteiger partial charge in [-0.15, -0.1) is 10.2 Å². The molecule has 1 aliphatic rings. The molecule has 3 rings (SSSR count). The minimum Gasteiger partial charge on any atom is -0.355 e. The van der Waals surface area contributed by atoms with Crippen molar-refractivity contribution in [3.8, 4) is 11.4 Å². The number of hydrogen-bond donors (Lipinski definition) is 2. The van der Waals surface area contributed by atoms with Gasteiger partial charge in [0.15, 0.2) is 5.82 Å². The molecule has 146 valence electrons. The minimum absolute atomic E-state index is 0.0177. The van der Waals surface area contributed by atoms with Crippen LogP contribution in [0.3, 0.4) is 0 Å². The molecule has 0 aliphatic heterocycles. The zero-order valence-corrected chi connectivity index (χ0v) is 17.4. The number of amides is 1. The Morgan fingerprint density at radius 2 is 2.07 bits per heavy atom. The van der Waals surface area contributed by atoms with Crippen molar-refractivity contribution in [1.29, 1.82) is 0 Å². The van der Waals surface area contributed by atoms with Gasteiger partial charge in [-0.2, -0.15) is 0 Å². The third-order valence-electron chi connectivity index (χ3n) is 4.77. The van der Waals surface area contributed by atoms with Crippen molar-refractivity contribution in [3.05, 3.63) is 28.2 Å². The predicted octanol–water partition coefficient (Wildman–Crippen LogP) is 4.14. The monoisotopic (exact) mass is 427 g/mol. The Balaban J connectivity index is 1.62. The Hall–Kier alpha value is -1.44. The zero-order chi connectivity index (χ0) is 19.4. The Kier molecular flexibility index (Phi) is 6.89. The summed E-state index contributed by atoms with van der Waals surface area (Å²) in [5, 5.41) is 12.4. The van der Waals surface area contributed by atoms with Crippen LogP contribution >= 0.6 is 35.0 Å². The van der Waals surface area contributed by atoms with Gasteiger partial charge in [0.2, 0.25) is 11.1 Å². The summed E-state index contributed by atoms with van der Waals surface area (Å²) >= 11 is 13.5. The van der Waals surface area contributed by atoms with E-state index in [0.717, 1.165) is 6.54 Å². The molecule has 1 saturated carbocycles. The molecule has 1 aromatic carbocycles. The van der Waals surface area contributed by atoms with Crippen molar-refractivity contribution in [2.75, 3.05) is 12.4 Å². The summed E-state index contributed by atoms with van der Waals surface area (Å²) < 4.78 is 1.34. The van der Waals surface area contributed by atoms with Gasteiger partial charge in [-0.1, -0.05) is 54.2 Å². The van der Waals surface area contributed by atoms with Gasteiger partial charge in [-0.05, 0) is 43.9 Å². The molecular formula is C18H23Cl2N5OS. The number of nitrogens with zero attached hydrogens (tertiary/aromatic N) is 3. The van der Waals surface area contributed by atoms with Crippen molar-refractivity contribution in [1.82, 2.24) is 20.2 Å². The summed E-state index contributed by atoms with van der Waals surface area (Å²) in [5.41, 5.74) is 0.598. The molecule has 1 fully saturated rings. The molecule has 1 unspecified atom stereocenters. The summed E-state index contributed by atoms with van der Waals surface area (Å²) in [7, 11) is 0. The molecule has 2 aromatic rings. The molecule has 6 nitrogen and oxygen atoms in total. The molecule has 1 aromatic heterocycles. The summed E-state index contributed by atoms with van der Waals surface area (Å²) in [6, 6.07) is 5.06. The summed E-state index contributed by atoms with van der Waals surface area (Å²) in [6.07, 6.45) is 6.22. The SMILES string of the molecule is CC(Sc1nnc(-c2cc(Cl)ccc2Cl)n1N)C(=O)NCC1CCCCC1. The second-order valence-corrected chi connectivity index (χ2v) is 8.96. The number of carbonyl (C=O) groups excluding carboxylic acids is 1. The molecule has 1 heterocycles. The minimum atomic E-state index is -0.331. The van der Waals surface area contributed by atoms with Crippen LogP contribution in [0.5, 0.6) is 0 Å². The molecule has 3 N–H and O–H groups in total. The number of nitrogen functional groups attached to an aromatic ring is 1. The molecule has 0 spiro atoms. The first-order valence-electron chi connectivity index (χ1n) is 9.06. The molecule has 1 aliphatic carbocycles. The highest BCUT2D eigenvalue weighted by Crippen LogP contribution is 2.31. The Labute approximate surface area is 173 Å². The maximum absolute atomic E-state index is 12.4. The van der Waals surface area contributed by atoms with Crippen LogP contribution in [0.15, 0.2) is 23.4 Å². The number of halogens is 2. The molecule has 0 bridgehead atoms. The lowest BCUT2D eigenvalue weighted by Gasteiger charge is -2.22. The summed E-state index contributed by atoms with van der Waals surface area (Å²) in [4.78, 5) is 12.4. The van der Waals surface area contributed by atoms with E-state index >= 15 is 0 Å². The van der Waals surface area contributed by atoms with E-state index in [1.165, 1.54) is 48.5 Å². The third-order valence-corrected chi connectivity index (χ3v) is 6.40. The smallest absolute Gasteiger partial charge is 0.233 e. The van der Waals surface area contributed by atoms with Gasteiger partial charge in [0.1, 0.15) is 0 Å². The molecule has 9 heteroatoms. The standard InChI is InChI=1S/C18H23Cl2N5OS/c1-11(17(26)22-10-12-5-3-2-4-6-12)27-18-24-23-16(25(18)21)14-9-13(19)7-8-15(14)20/h7-9,11-12H,2-6,10,21H2,1H3,(H,22,26). The number of aromatic nitrogens is 3. The van der Waals surface area contributed by atoms with E-state index in [0.29, 0.717) is 32.5 Å². The van der Waals surface area contributed by atoms with Gasteiger partial charge in [0.05, 0.1) is 10.3 Å². The molecule has 0 saturated heterocycles. The Morgan fingerprint density at radius 3 is 2.81 bits per heavy atom. The highest BCUT2D eigenvalue weighted by molar-refractivity contribution is 8.00. The number of nitrogens with two attached hydrogens (primary N) is 1. The normalized spacial score (nSPS) is 16.3. The first-order valence-corrected chi connectivity index (χ1v) is 10.7. The maximum atomic E-state index is 12.4. The molecule has 1 amide bonds. The number of nitrogens with one attached hydrogen (secondary N) is 1. The van der Waals surface area contributed by atoms with E-state index in [-0.39, 0.29) is 11.2 Å². The van der Waals surface area contributed by atoms with Gasteiger partial charge in [-0.3, -0.25) is 4.79 Å². The zero-order valence-electron chi connectivity index (χ0n) is 15.1. The van der Waals surface area contributed by atoms with Crippen molar-refractivity contribution in [2.45, 2.75) is 49.4 Å². The number of benzene rings is 1. The first kappa shape index (κ1) is 20.3. The summed E-state index contributed by atoms with van der Waals surface area (Å²) in [5.74, 6) is 7.11. The van der Waals surface area contributed by atoms with E-state index in [1.54, 1.807) is 18.2 Å². The Bertz CT molecular complexity index is 807. The quantitative estimate of drug-likeness (QED) is 0.534. The van der Waals surface area contributed by atoms with E-state index in [9.17, 15) is 4.79 Å². The maximum Gasteiger partial charge on any atom is 0.233 e. The number of carbonyl (C=O) groups is 1. The van der Waals surface area contributed by atoms with Gasteiger partial charge < -0.3 is 11.2 Å². The van der Waals surface area contributed by atoms with Crippen LogP contribution in [0.25, 0.3) is 11.4 Å². The van der Waals surface area contributed by atoms with Crippen LogP contribution in [0.4, 0.5) is 0 Å². The highest BCUT2D eigenvalue weighted by atomic mass is 35.5. The van der Waals surface area contributed by atoms with E-state index < -0.39 is 0 Å². The largest absolute Gasteiger partial charge is 0.355 e. The van der Waals surface area contributed by atoms with Crippen LogP contribution in [0.2, 0.25) is 10.0 Å². The van der Waals surface area contributed by atoms with Crippen LogP contribution in [0, 0.1) is 5.92 Å². The van der Waals surface area contributed by atoms with E-state index in [1.807, 2.05) is 6.92 Å². The van der Waals surface area contributed by atoms with Crippen LogP contribution in [-0.2, 0) is 4.79 Å². The topological polar surface area (TPSA) is 85.8 Å². The molecule has 0 radical (unpaired) electrons. The van der Waals surface area contributed by atoms with Crippen molar-refractivity contribution in [2.24, 2.45) is 5.92 Å². The highest BCUT2D eigenvalue weighted by Gasteiger charge is 2.22. The second-order valence-electron chi connectivity index (χ2n) is 6.81. The van der Waals surface area contributed by atoms with E-state index in [2.05, 4.69) is 15.5 Å². The van der Waals surface area contributed by atoms with Gasteiger partial charge in [0, 0.05) is 17.1 Å². The van der Waals surface area contributed by atoms with Gasteiger partial charge in [-0.25, -0.2) is 4.68 Å². The number of rotatable bonds is 6. The summed E-state index contributed by atoms with van der Waals surface area (Å²) in [6.45, 7) is 2.57.